The van der Waals surface area contributed by atoms with Crippen LogP contribution in [0.25, 0.3) is 0 Å². The molecule has 94 valence electrons. The van der Waals surface area contributed by atoms with Gasteiger partial charge in [-0.25, -0.2) is 0 Å². The van der Waals surface area contributed by atoms with Crippen molar-refractivity contribution >= 4 is 11.6 Å². The molecule has 1 aromatic carbocycles. The molecule has 1 fully saturated rings. The van der Waals surface area contributed by atoms with Crippen LogP contribution in [0, 0.1) is 5.92 Å². The molecular formula is C14H20ClNO. The van der Waals surface area contributed by atoms with E-state index in [4.69, 9.17) is 11.6 Å². The summed E-state index contributed by atoms with van der Waals surface area (Å²) in [7, 11) is 2.08. The van der Waals surface area contributed by atoms with Gasteiger partial charge in [0, 0.05) is 18.1 Å². The Balaban J connectivity index is 1.84. The fraction of sp³-hybridized carbons (Fsp3) is 0.571. The minimum absolute atomic E-state index is 0.446. The van der Waals surface area contributed by atoms with Gasteiger partial charge in [-0.3, -0.25) is 0 Å². The summed E-state index contributed by atoms with van der Waals surface area (Å²) in [5, 5.41) is 10.8. The lowest BCUT2D eigenvalue weighted by Crippen LogP contribution is -2.32. The predicted octanol–water partition coefficient (Wildman–Crippen LogP) is 3.11. The molecule has 2 rings (SSSR count). The van der Waals surface area contributed by atoms with Gasteiger partial charge in [0.1, 0.15) is 0 Å². The van der Waals surface area contributed by atoms with E-state index in [1.54, 1.807) is 0 Å². The van der Waals surface area contributed by atoms with Crippen LogP contribution in [0.1, 0.15) is 30.9 Å². The number of rotatable bonds is 5. The largest absolute Gasteiger partial charge is 0.387 e. The lowest BCUT2D eigenvalue weighted by Gasteiger charge is -2.31. The molecule has 1 aliphatic carbocycles. The van der Waals surface area contributed by atoms with Gasteiger partial charge in [-0.1, -0.05) is 30.2 Å². The fourth-order valence-electron chi connectivity index (χ4n) is 2.31. The molecule has 0 bridgehead atoms. The first-order valence-corrected chi connectivity index (χ1v) is 6.65. The molecule has 1 atom stereocenters. The number of nitrogens with zero attached hydrogens (tertiary/aromatic N) is 1. The van der Waals surface area contributed by atoms with Crippen LogP contribution in [0.2, 0.25) is 5.02 Å². The molecule has 0 spiro atoms. The number of likely N-dealkylation sites (N-methyl/N-ethyl adjacent to an activating group) is 1. The van der Waals surface area contributed by atoms with E-state index >= 15 is 0 Å². The Morgan fingerprint density at radius 3 is 2.82 bits per heavy atom. The quantitative estimate of drug-likeness (QED) is 0.872. The van der Waals surface area contributed by atoms with Gasteiger partial charge in [0.25, 0.3) is 0 Å². The van der Waals surface area contributed by atoms with E-state index in [1.165, 1.54) is 19.3 Å². The summed E-state index contributed by atoms with van der Waals surface area (Å²) in [6.45, 7) is 1.77. The van der Waals surface area contributed by atoms with E-state index in [2.05, 4.69) is 11.9 Å². The number of halogens is 1. The highest BCUT2D eigenvalue weighted by molar-refractivity contribution is 6.30. The second-order valence-electron chi connectivity index (χ2n) is 5.09. The van der Waals surface area contributed by atoms with Crippen molar-refractivity contribution in [2.24, 2.45) is 5.92 Å². The van der Waals surface area contributed by atoms with Crippen molar-refractivity contribution in [3.8, 4) is 0 Å². The Hall–Kier alpha value is -0.570. The van der Waals surface area contributed by atoms with Crippen molar-refractivity contribution in [1.82, 2.24) is 4.90 Å². The first-order chi connectivity index (χ1) is 8.15. The van der Waals surface area contributed by atoms with Gasteiger partial charge >= 0.3 is 0 Å². The second kappa shape index (κ2) is 5.85. The average molecular weight is 254 g/mol. The van der Waals surface area contributed by atoms with Crippen molar-refractivity contribution in [2.75, 3.05) is 20.1 Å². The lowest BCUT2D eigenvalue weighted by molar-refractivity contribution is 0.107. The molecule has 0 heterocycles. The van der Waals surface area contributed by atoms with Gasteiger partial charge in [-0.2, -0.15) is 0 Å². The first-order valence-electron chi connectivity index (χ1n) is 6.27. The van der Waals surface area contributed by atoms with E-state index in [1.807, 2.05) is 24.3 Å². The van der Waals surface area contributed by atoms with Crippen LogP contribution in [-0.2, 0) is 0 Å². The Morgan fingerprint density at radius 2 is 2.24 bits per heavy atom. The standard InChI is InChI=1S/C14H20ClNO/c1-16(9-11-4-2-5-11)10-14(17)12-6-3-7-13(15)8-12/h3,6-8,11,14,17H,2,4-5,9-10H2,1H3. The highest BCUT2D eigenvalue weighted by Gasteiger charge is 2.20. The van der Waals surface area contributed by atoms with Crippen LogP contribution in [0.3, 0.4) is 0 Å². The van der Waals surface area contributed by atoms with E-state index in [-0.39, 0.29) is 0 Å². The molecule has 1 unspecified atom stereocenters. The fourth-order valence-corrected chi connectivity index (χ4v) is 2.50. The van der Waals surface area contributed by atoms with Gasteiger partial charge in [-0.05, 0) is 43.5 Å². The molecular weight excluding hydrogens is 234 g/mol. The Kier molecular flexibility index (Phi) is 4.43. The predicted molar refractivity (Wildman–Crippen MR) is 71.2 cm³/mol. The minimum atomic E-state index is -0.446. The van der Waals surface area contributed by atoms with Gasteiger partial charge in [-0.15, -0.1) is 0 Å². The van der Waals surface area contributed by atoms with Crippen LogP contribution in [0.15, 0.2) is 24.3 Å². The molecule has 2 nitrogen and oxygen atoms in total. The Morgan fingerprint density at radius 1 is 1.47 bits per heavy atom. The summed E-state index contributed by atoms with van der Waals surface area (Å²) in [5.41, 5.74) is 0.901. The van der Waals surface area contributed by atoms with Gasteiger partial charge in [0.05, 0.1) is 6.10 Å². The molecule has 0 aromatic heterocycles. The molecule has 1 aliphatic rings. The monoisotopic (exact) mass is 253 g/mol. The minimum Gasteiger partial charge on any atom is -0.387 e. The summed E-state index contributed by atoms with van der Waals surface area (Å²) in [6, 6.07) is 7.47. The normalized spacial score (nSPS) is 18.1. The Bertz CT molecular complexity index is 365. The zero-order valence-electron chi connectivity index (χ0n) is 10.3. The molecule has 1 N–H and O–H groups in total. The highest BCUT2D eigenvalue weighted by atomic mass is 35.5. The van der Waals surface area contributed by atoms with Crippen LogP contribution < -0.4 is 0 Å². The number of benzene rings is 1. The maximum Gasteiger partial charge on any atom is 0.0917 e. The average Bonchev–Trinajstić information content (AvgIpc) is 2.23. The zero-order valence-corrected chi connectivity index (χ0v) is 11.0. The number of aliphatic hydroxyl groups excluding tert-OH is 1. The van der Waals surface area contributed by atoms with Crippen LogP contribution in [0.5, 0.6) is 0 Å². The van der Waals surface area contributed by atoms with Crippen molar-refractivity contribution in [1.29, 1.82) is 0 Å². The maximum absolute atomic E-state index is 10.1. The number of hydrogen-bond donors (Lipinski definition) is 1. The highest BCUT2D eigenvalue weighted by Crippen LogP contribution is 2.27. The van der Waals surface area contributed by atoms with Crippen molar-refractivity contribution in [2.45, 2.75) is 25.4 Å². The molecule has 3 heteroatoms. The van der Waals surface area contributed by atoms with E-state index in [9.17, 15) is 5.11 Å². The smallest absolute Gasteiger partial charge is 0.0917 e. The molecule has 0 aliphatic heterocycles. The first kappa shape index (κ1) is 12.9. The summed E-state index contributed by atoms with van der Waals surface area (Å²) < 4.78 is 0. The number of aliphatic hydroxyl groups is 1. The van der Waals surface area contributed by atoms with Crippen LogP contribution >= 0.6 is 11.6 Å². The van der Waals surface area contributed by atoms with Gasteiger partial charge in [0.2, 0.25) is 0 Å². The summed E-state index contributed by atoms with van der Waals surface area (Å²) in [4.78, 5) is 2.22. The van der Waals surface area contributed by atoms with Gasteiger partial charge in [0.15, 0.2) is 0 Å². The van der Waals surface area contributed by atoms with E-state index in [0.717, 1.165) is 18.0 Å². The summed E-state index contributed by atoms with van der Waals surface area (Å²) >= 11 is 5.92. The molecule has 1 saturated carbocycles. The maximum atomic E-state index is 10.1. The zero-order chi connectivity index (χ0) is 12.3. The van der Waals surface area contributed by atoms with Crippen molar-refractivity contribution in [3.63, 3.8) is 0 Å². The third kappa shape index (κ3) is 3.70. The van der Waals surface area contributed by atoms with Crippen molar-refractivity contribution < 1.29 is 5.11 Å². The third-order valence-electron chi connectivity index (χ3n) is 3.51. The van der Waals surface area contributed by atoms with Crippen molar-refractivity contribution in [3.05, 3.63) is 34.9 Å². The van der Waals surface area contributed by atoms with E-state index < -0.39 is 6.10 Å². The molecule has 0 saturated heterocycles. The summed E-state index contributed by atoms with van der Waals surface area (Å²) in [5.74, 6) is 0.839. The molecule has 17 heavy (non-hydrogen) atoms. The summed E-state index contributed by atoms with van der Waals surface area (Å²) in [6.07, 6.45) is 3.61. The lowest BCUT2D eigenvalue weighted by atomic mass is 9.85. The third-order valence-corrected chi connectivity index (χ3v) is 3.75. The molecule has 0 radical (unpaired) electrons. The molecule has 0 amide bonds. The number of hydrogen-bond acceptors (Lipinski definition) is 2. The second-order valence-corrected chi connectivity index (χ2v) is 5.53. The van der Waals surface area contributed by atoms with E-state index in [0.29, 0.717) is 11.6 Å². The SMILES string of the molecule is CN(CC1CCC1)CC(O)c1cccc(Cl)c1. The van der Waals surface area contributed by atoms with Crippen LogP contribution in [-0.4, -0.2) is 30.1 Å². The topological polar surface area (TPSA) is 23.5 Å². The molecule has 1 aromatic rings. The van der Waals surface area contributed by atoms with Gasteiger partial charge < -0.3 is 10.0 Å². The van der Waals surface area contributed by atoms with Crippen LogP contribution in [0.4, 0.5) is 0 Å². The Labute approximate surface area is 108 Å².